The first-order valence-electron chi connectivity index (χ1n) is 6.92. The Hall–Kier alpha value is -1.81. The van der Waals surface area contributed by atoms with Crippen LogP contribution in [0, 0.1) is 5.41 Å². The Kier molecular flexibility index (Phi) is 3.05. The molecule has 4 nitrogen and oxygen atoms in total. The van der Waals surface area contributed by atoms with Crippen molar-refractivity contribution in [1.29, 1.82) is 0 Å². The number of fused-ring (bicyclic) bond motifs is 1. The number of benzene rings is 1. The van der Waals surface area contributed by atoms with Gasteiger partial charge in [-0.1, -0.05) is 32.0 Å². The van der Waals surface area contributed by atoms with Gasteiger partial charge in [-0.2, -0.15) is 0 Å². The van der Waals surface area contributed by atoms with Gasteiger partial charge < -0.3 is 9.52 Å². The summed E-state index contributed by atoms with van der Waals surface area (Å²) in [5, 5.41) is 10.2. The maximum absolute atomic E-state index is 11.4. The van der Waals surface area contributed by atoms with Crippen molar-refractivity contribution >= 4 is 16.9 Å². The molecule has 0 bridgehead atoms. The minimum Gasteiger partial charge on any atom is -0.475 e. The quantitative estimate of drug-likeness (QED) is 0.931. The van der Waals surface area contributed by atoms with Crippen molar-refractivity contribution in [2.45, 2.75) is 26.8 Å². The standard InChI is InChI=1S/C16H19NO3/c1-16(2)7-8-17(10-16)9-12-11-5-3-4-6-13(11)20-14(12)15(18)19/h3-6H,7-10H2,1-2H3,(H,18,19). The third kappa shape index (κ3) is 2.31. The van der Waals surface area contributed by atoms with Crippen LogP contribution in [0.4, 0.5) is 0 Å². The molecule has 1 fully saturated rings. The first-order chi connectivity index (χ1) is 9.46. The fourth-order valence-electron chi connectivity index (χ4n) is 3.01. The molecule has 1 aliphatic heterocycles. The second kappa shape index (κ2) is 4.63. The summed E-state index contributed by atoms with van der Waals surface area (Å²) in [6, 6.07) is 7.53. The number of hydrogen-bond donors (Lipinski definition) is 1. The van der Waals surface area contributed by atoms with Gasteiger partial charge >= 0.3 is 5.97 Å². The second-order valence-corrected chi connectivity index (χ2v) is 6.34. The minimum atomic E-state index is -0.991. The third-order valence-corrected chi connectivity index (χ3v) is 4.03. The molecule has 1 saturated heterocycles. The van der Waals surface area contributed by atoms with E-state index in [9.17, 15) is 9.90 Å². The molecule has 1 N–H and O–H groups in total. The fourth-order valence-corrected chi connectivity index (χ4v) is 3.01. The molecule has 20 heavy (non-hydrogen) atoms. The van der Waals surface area contributed by atoms with Crippen LogP contribution in [-0.4, -0.2) is 29.1 Å². The molecule has 0 atom stereocenters. The minimum absolute atomic E-state index is 0.0795. The molecule has 4 heteroatoms. The number of nitrogens with zero attached hydrogens (tertiary/aromatic N) is 1. The van der Waals surface area contributed by atoms with Crippen molar-refractivity contribution in [2.24, 2.45) is 5.41 Å². The van der Waals surface area contributed by atoms with Crippen LogP contribution in [-0.2, 0) is 6.54 Å². The Morgan fingerprint density at radius 3 is 2.80 bits per heavy atom. The molecular formula is C16H19NO3. The summed E-state index contributed by atoms with van der Waals surface area (Å²) in [5.41, 5.74) is 1.76. The number of aromatic carboxylic acids is 1. The van der Waals surface area contributed by atoms with Crippen LogP contribution < -0.4 is 0 Å². The highest BCUT2D eigenvalue weighted by molar-refractivity contribution is 5.95. The van der Waals surface area contributed by atoms with E-state index < -0.39 is 5.97 Å². The van der Waals surface area contributed by atoms with Gasteiger partial charge in [0.1, 0.15) is 5.58 Å². The molecule has 0 amide bonds. The average Bonchev–Trinajstić information content (AvgIpc) is 2.91. The topological polar surface area (TPSA) is 53.7 Å². The van der Waals surface area contributed by atoms with Crippen molar-refractivity contribution < 1.29 is 14.3 Å². The number of para-hydroxylation sites is 1. The smallest absolute Gasteiger partial charge is 0.372 e. The number of carbonyl (C=O) groups is 1. The second-order valence-electron chi connectivity index (χ2n) is 6.34. The Morgan fingerprint density at radius 2 is 2.15 bits per heavy atom. The number of carboxylic acid groups (broad SMARTS) is 1. The molecule has 0 aliphatic carbocycles. The van der Waals surface area contributed by atoms with Crippen molar-refractivity contribution in [2.75, 3.05) is 13.1 Å². The van der Waals surface area contributed by atoms with Crippen LogP contribution in [0.25, 0.3) is 11.0 Å². The van der Waals surface area contributed by atoms with Gasteiger partial charge in [-0.15, -0.1) is 0 Å². The fraction of sp³-hybridized carbons (Fsp3) is 0.438. The van der Waals surface area contributed by atoms with Gasteiger partial charge in [-0.05, 0) is 24.4 Å². The third-order valence-electron chi connectivity index (χ3n) is 4.03. The number of hydrogen-bond acceptors (Lipinski definition) is 3. The Bertz CT molecular complexity index is 657. The average molecular weight is 273 g/mol. The number of rotatable bonds is 3. The SMILES string of the molecule is CC1(C)CCN(Cc2c(C(=O)O)oc3ccccc23)C1. The van der Waals surface area contributed by atoms with Crippen LogP contribution in [0.1, 0.15) is 36.4 Å². The van der Waals surface area contributed by atoms with E-state index in [1.54, 1.807) is 0 Å². The van der Waals surface area contributed by atoms with Crippen LogP contribution in [0.5, 0.6) is 0 Å². The first-order valence-corrected chi connectivity index (χ1v) is 6.92. The summed E-state index contributed by atoms with van der Waals surface area (Å²) in [6.45, 7) is 7.14. The molecule has 2 heterocycles. The Morgan fingerprint density at radius 1 is 1.40 bits per heavy atom. The molecule has 1 aliphatic rings. The highest BCUT2D eigenvalue weighted by atomic mass is 16.4. The molecule has 106 valence electrons. The van der Waals surface area contributed by atoms with Gasteiger partial charge in [0, 0.05) is 24.0 Å². The summed E-state index contributed by atoms with van der Waals surface area (Å²) in [4.78, 5) is 13.7. The van der Waals surface area contributed by atoms with Crippen LogP contribution in [0.3, 0.4) is 0 Å². The van der Waals surface area contributed by atoms with Crippen molar-refractivity contribution in [3.05, 3.63) is 35.6 Å². The summed E-state index contributed by atoms with van der Waals surface area (Å²) >= 11 is 0. The van der Waals surface area contributed by atoms with Gasteiger partial charge in [0.2, 0.25) is 5.76 Å². The predicted molar refractivity (Wildman–Crippen MR) is 76.8 cm³/mol. The van der Waals surface area contributed by atoms with E-state index in [0.717, 1.165) is 30.5 Å². The lowest BCUT2D eigenvalue weighted by Crippen LogP contribution is -2.23. The molecular weight excluding hydrogens is 254 g/mol. The number of carboxylic acids is 1. The Balaban J connectivity index is 1.97. The molecule has 1 aromatic carbocycles. The first kappa shape index (κ1) is 13.2. The zero-order valence-corrected chi connectivity index (χ0v) is 11.8. The lowest BCUT2D eigenvalue weighted by Gasteiger charge is -2.19. The van der Waals surface area contributed by atoms with E-state index in [4.69, 9.17) is 4.42 Å². The van der Waals surface area contributed by atoms with Crippen molar-refractivity contribution in [3.8, 4) is 0 Å². The van der Waals surface area contributed by atoms with Gasteiger partial charge in [0.15, 0.2) is 0 Å². The number of furan rings is 1. The Labute approximate surface area is 118 Å². The van der Waals surface area contributed by atoms with Gasteiger partial charge in [0.05, 0.1) is 0 Å². The highest BCUT2D eigenvalue weighted by Gasteiger charge is 2.31. The lowest BCUT2D eigenvalue weighted by molar-refractivity contribution is 0.0662. The monoisotopic (exact) mass is 273 g/mol. The van der Waals surface area contributed by atoms with Crippen LogP contribution in [0.2, 0.25) is 0 Å². The predicted octanol–water partition coefficient (Wildman–Crippen LogP) is 3.36. The maximum atomic E-state index is 11.4. The van der Waals surface area contributed by atoms with E-state index >= 15 is 0 Å². The van der Waals surface area contributed by atoms with E-state index in [1.165, 1.54) is 0 Å². The van der Waals surface area contributed by atoms with Gasteiger partial charge in [-0.25, -0.2) is 4.79 Å². The van der Waals surface area contributed by atoms with Crippen LogP contribution in [0.15, 0.2) is 28.7 Å². The van der Waals surface area contributed by atoms with E-state index in [1.807, 2.05) is 24.3 Å². The molecule has 0 saturated carbocycles. The van der Waals surface area contributed by atoms with Crippen LogP contribution >= 0.6 is 0 Å². The van der Waals surface area contributed by atoms with E-state index in [0.29, 0.717) is 17.5 Å². The molecule has 0 radical (unpaired) electrons. The highest BCUT2D eigenvalue weighted by Crippen LogP contribution is 2.33. The molecule has 0 unspecified atom stereocenters. The molecule has 1 aromatic heterocycles. The van der Waals surface area contributed by atoms with Gasteiger partial charge in [0.25, 0.3) is 0 Å². The summed E-state index contributed by atoms with van der Waals surface area (Å²) in [6.07, 6.45) is 1.14. The molecule has 0 spiro atoms. The molecule has 2 aromatic rings. The van der Waals surface area contributed by atoms with Gasteiger partial charge in [-0.3, -0.25) is 4.90 Å². The van der Waals surface area contributed by atoms with E-state index in [2.05, 4.69) is 18.7 Å². The maximum Gasteiger partial charge on any atom is 0.372 e. The van der Waals surface area contributed by atoms with E-state index in [-0.39, 0.29) is 5.76 Å². The normalized spacial score (nSPS) is 18.7. The zero-order valence-electron chi connectivity index (χ0n) is 11.8. The summed E-state index contributed by atoms with van der Waals surface area (Å²) in [5.74, 6) is -0.912. The zero-order chi connectivity index (χ0) is 14.3. The summed E-state index contributed by atoms with van der Waals surface area (Å²) < 4.78 is 5.50. The molecule has 3 rings (SSSR count). The summed E-state index contributed by atoms with van der Waals surface area (Å²) in [7, 11) is 0. The van der Waals surface area contributed by atoms with Crippen molar-refractivity contribution in [3.63, 3.8) is 0 Å². The lowest BCUT2D eigenvalue weighted by atomic mass is 9.93. The van der Waals surface area contributed by atoms with Crippen molar-refractivity contribution in [1.82, 2.24) is 4.90 Å². The number of likely N-dealkylation sites (tertiary alicyclic amines) is 1. The largest absolute Gasteiger partial charge is 0.475 e.